The van der Waals surface area contributed by atoms with E-state index in [0.717, 1.165) is 108 Å². The minimum absolute atomic E-state index is 0.115. The van der Waals surface area contributed by atoms with Crippen LogP contribution >= 0.6 is 8.60 Å². The molecule has 121 heavy (non-hydrogen) atoms. The number of rotatable bonds is 60. The molecule has 4 heteroatoms. The van der Waals surface area contributed by atoms with Crippen LogP contribution < -0.4 is 0 Å². The standard InChI is InChI=1S/C117H183O3P/c1-25-28-31-34-37-40-43-46-49-52-55-58-61-64-67-94(4)115(103-82-70-97(71-83-103)109(7,8)9,104-84-72-98(73-85-104)110(10,11)12)118-121(119-116(105-86-74-99(75-87-105)111(13,14)15,106-88-76-100(77-89-106)112(16,17)18)95(5)68-65-62-59-56-53-50-47-44-41-38-35-32-29-26-2)120-117(107-90-78-101(79-91-107)113(19,20)21,108-92-80-102(81-93-108)114(22,23)24)96(6)69-66-63-60-57-54-51-48-45-42-39-36-33-30-27-3/h70-93H,4-6,25-69H2,1-3,7-24H3. The molecule has 0 fully saturated rings. The first-order valence-corrected chi connectivity index (χ1v) is 51.2. The summed E-state index contributed by atoms with van der Waals surface area (Å²) in [5.41, 5.74) is 11.9. The van der Waals surface area contributed by atoms with E-state index in [1.165, 1.54) is 265 Å². The maximum Gasteiger partial charge on any atom is 0.337 e. The number of hydrogen-bond donors (Lipinski definition) is 0. The molecule has 0 spiro atoms. The second-order valence-corrected chi connectivity index (χ2v) is 44.3. The fraction of sp³-hybridized carbons (Fsp3) is 0.641. The summed E-state index contributed by atoms with van der Waals surface area (Å²) in [6.07, 6.45) is 56.4. The lowest BCUT2D eigenvalue weighted by Crippen LogP contribution is -2.39. The van der Waals surface area contributed by atoms with Gasteiger partial charge in [0.05, 0.1) is 0 Å². The molecule has 0 aliphatic heterocycles. The molecular formula is C117H183O3P. The van der Waals surface area contributed by atoms with Crippen LogP contribution in [-0.2, 0) is 62.9 Å². The molecule has 0 aromatic heterocycles. The van der Waals surface area contributed by atoms with Crippen LogP contribution in [0.5, 0.6) is 0 Å². The van der Waals surface area contributed by atoms with Gasteiger partial charge in [0.2, 0.25) is 0 Å². The molecule has 0 bridgehead atoms. The van der Waals surface area contributed by atoms with Crippen molar-refractivity contribution in [3.63, 3.8) is 0 Å². The van der Waals surface area contributed by atoms with Crippen LogP contribution in [0.15, 0.2) is 182 Å². The summed E-state index contributed by atoms with van der Waals surface area (Å²) in [5, 5.41) is 0. The van der Waals surface area contributed by atoms with E-state index in [9.17, 15) is 0 Å². The first-order valence-electron chi connectivity index (χ1n) is 50.1. The van der Waals surface area contributed by atoms with Crippen molar-refractivity contribution in [3.05, 3.63) is 249 Å². The van der Waals surface area contributed by atoms with Crippen LogP contribution in [0.4, 0.5) is 0 Å². The van der Waals surface area contributed by atoms with E-state index < -0.39 is 25.4 Å². The van der Waals surface area contributed by atoms with Gasteiger partial charge in [-0.05, 0) is 154 Å². The third-order valence-corrected chi connectivity index (χ3v) is 27.8. The van der Waals surface area contributed by atoms with Gasteiger partial charge in [0.15, 0.2) is 0 Å². The normalized spacial score (nSPS) is 12.9. The Kier molecular flexibility index (Phi) is 45.2. The molecule has 0 aliphatic carbocycles. The molecule has 0 aliphatic rings. The Morgan fingerprint density at radius 3 is 0.405 bits per heavy atom. The van der Waals surface area contributed by atoms with Crippen LogP contribution in [0.3, 0.4) is 0 Å². The van der Waals surface area contributed by atoms with Gasteiger partial charge in [0.25, 0.3) is 0 Å². The lowest BCUT2D eigenvalue weighted by molar-refractivity contribution is 0.0125. The fourth-order valence-electron chi connectivity index (χ4n) is 18.0. The van der Waals surface area contributed by atoms with Gasteiger partial charge < -0.3 is 0 Å². The minimum Gasteiger partial charge on any atom is -0.291 e. The van der Waals surface area contributed by atoms with E-state index in [1.807, 2.05) is 0 Å². The van der Waals surface area contributed by atoms with Crippen LogP contribution in [0.25, 0.3) is 0 Å². The maximum atomic E-state index is 8.99. The average Bonchev–Trinajstić information content (AvgIpc) is 0.729. The number of benzene rings is 6. The smallest absolute Gasteiger partial charge is 0.291 e. The summed E-state index contributed by atoms with van der Waals surface area (Å²) in [4.78, 5) is 0. The van der Waals surface area contributed by atoms with Gasteiger partial charge in [0.1, 0.15) is 16.8 Å². The molecule has 0 amide bonds. The predicted octanol–water partition coefficient (Wildman–Crippen LogP) is 38.2. The van der Waals surface area contributed by atoms with Gasteiger partial charge in [-0.25, -0.2) is 0 Å². The Labute approximate surface area is 749 Å². The van der Waals surface area contributed by atoms with E-state index in [2.05, 4.69) is 291 Å². The van der Waals surface area contributed by atoms with Crippen molar-refractivity contribution in [2.45, 2.75) is 484 Å². The van der Waals surface area contributed by atoms with Crippen molar-refractivity contribution in [3.8, 4) is 0 Å². The van der Waals surface area contributed by atoms with Crippen molar-refractivity contribution in [1.82, 2.24) is 0 Å². The Bertz CT molecular complexity index is 3230. The van der Waals surface area contributed by atoms with Gasteiger partial charge in [-0.15, -0.1) is 0 Å². The minimum atomic E-state index is -2.64. The highest BCUT2D eigenvalue weighted by Gasteiger charge is 2.52. The molecule has 3 nitrogen and oxygen atoms in total. The first kappa shape index (κ1) is 105. The summed E-state index contributed by atoms with van der Waals surface area (Å²) in [6, 6.07) is 56.6. The zero-order valence-corrected chi connectivity index (χ0v) is 83.4. The van der Waals surface area contributed by atoms with Crippen LogP contribution in [-0.4, -0.2) is 0 Å². The van der Waals surface area contributed by atoms with Crippen LogP contribution in [0.2, 0.25) is 0 Å². The van der Waals surface area contributed by atoms with E-state index in [1.54, 1.807) is 0 Å². The van der Waals surface area contributed by atoms with Crippen molar-refractivity contribution >= 4 is 8.60 Å². The highest BCUT2D eigenvalue weighted by molar-refractivity contribution is 7.41. The van der Waals surface area contributed by atoms with E-state index >= 15 is 0 Å². The Morgan fingerprint density at radius 2 is 0.289 bits per heavy atom. The Balaban J connectivity index is 1.68. The summed E-state index contributed by atoms with van der Waals surface area (Å²) in [7, 11) is -2.64. The molecule has 6 aromatic rings. The molecule has 0 unspecified atom stereocenters. The second-order valence-electron chi connectivity index (χ2n) is 43.4. The van der Waals surface area contributed by atoms with Crippen LogP contribution in [0.1, 0.15) is 501 Å². The summed E-state index contributed by atoms with van der Waals surface area (Å²) in [6.45, 7) is 65.2. The van der Waals surface area contributed by atoms with Crippen molar-refractivity contribution in [1.29, 1.82) is 0 Å². The molecule has 0 saturated heterocycles. The summed E-state index contributed by atoms with van der Waals surface area (Å²) < 4.78 is 27.0. The van der Waals surface area contributed by atoms with E-state index in [-0.39, 0.29) is 32.5 Å². The molecule has 0 heterocycles. The lowest BCUT2D eigenvalue weighted by atomic mass is 9.76. The molecule has 0 atom stereocenters. The highest BCUT2D eigenvalue weighted by Crippen LogP contribution is 2.64. The number of hydrogen-bond acceptors (Lipinski definition) is 3. The Morgan fingerprint density at radius 1 is 0.182 bits per heavy atom. The van der Waals surface area contributed by atoms with Crippen molar-refractivity contribution in [2.24, 2.45) is 0 Å². The van der Waals surface area contributed by atoms with Crippen molar-refractivity contribution < 1.29 is 13.6 Å². The zero-order valence-electron chi connectivity index (χ0n) is 82.5. The van der Waals surface area contributed by atoms with Gasteiger partial charge in [-0.2, -0.15) is 0 Å². The molecule has 6 aromatic carbocycles. The topological polar surface area (TPSA) is 27.7 Å². The SMILES string of the molecule is C=C(CCCCCCCCCCCCCCCC)C(OP(OC(C(=C)CCCCCCCCCCCCCCCC)(c1ccc(C(C)(C)C)cc1)c1ccc(C(C)(C)C)cc1)OC(C(=C)CCCCCCCCCCCCCCCC)(c1ccc(C(C)(C)C)cc1)c1ccc(C(C)(C)C)cc1)(c1ccc(C(C)(C)C)cc1)c1ccc(C(C)(C)C)cc1. The van der Waals surface area contributed by atoms with Gasteiger partial charge in [-0.3, -0.25) is 13.6 Å². The van der Waals surface area contributed by atoms with Gasteiger partial charge in [0, 0.05) is 0 Å². The Hall–Kier alpha value is -5.15. The zero-order chi connectivity index (χ0) is 88.6. The molecule has 674 valence electrons. The lowest BCUT2D eigenvalue weighted by Gasteiger charge is -2.46. The van der Waals surface area contributed by atoms with Gasteiger partial charge in [-0.1, -0.05) is 561 Å². The molecule has 6 rings (SSSR count). The highest BCUT2D eigenvalue weighted by atomic mass is 31.2. The monoisotopic (exact) mass is 1670 g/mol. The summed E-state index contributed by atoms with van der Waals surface area (Å²) in [5.74, 6) is 0. The third kappa shape index (κ3) is 33.9. The molecule has 0 radical (unpaired) electrons. The predicted molar refractivity (Wildman–Crippen MR) is 536 cm³/mol. The first-order chi connectivity index (χ1) is 57.5. The van der Waals surface area contributed by atoms with E-state index in [0.29, 0.717) is 0 Å². The second kappa shape index (κ2) is 52.2. The summed E-state index contributed by atoms with van der Waals surface area (Å²) >= 11 is 0. The average molecular weight is 1670 g/mol. The molecular weight excluding hydrogens is 1480 g/mol. The van der Waals surface area contributed by atoms with Crippen molar-refractivity contribution in [2.75, 3.05) is 0 Å². The third-order valence-electron chi connectivity index (χ3n) is 26.6. The largest absolute Gasteiger partial charge is 0.337 e. The van der Waals surface area contributed by atoms with Gasteiger partial charge >= 0.3 is 8.60 Å². The van der Waals surface area contributed by atoms with Crippen LogP contribution in [0, 0.1) is 0 Å². The quantitative estimate of drug-likeness (QED) is 0.0216. The maximum absolute atomic E-state index is 8.99. The molecule has 0 N–H and O–H groups in total. The number of unbranched alkanes of at least 4 members (excludes halogenated alkanes) is 39. The molecule has 0 saturated carbocycles. The van der Waals surface area contributed by atoms with E-state index in [4.69, 9.17) is 33.3 Å². The fourth-order valence-corrected chi connectivity index (χ4v) is 19.8.